The van der Waals surface area contributed by atoms with Gasteiger partial charge in [-0.15, -0.1) is 0 Å². The summed E-state index contributed by atoms with van der Waals surface area (Å²) in [5, 5.41) is 2.66. The van der Waals surface area contributed by atoms with Crippen molar-refractivity contribution in [3.8, 4) is 0 Å². The molecular weight excluding hydrogens is 388 g/mol. The van der Waals surface area contributed by atoms with Crippen LogP contribution in [-0.4, -0.2) is 34.4 Å². The van der Waals surface area contributed by atoms with Crippen molar-refractivity contribution in [2.24, 2.45) is 0 Å². The maximum atomic E-state index is 6.93. The van der Waals surface area contributed by atoms with Crippen LogP contribution in [0.3, 0.4) is 0 Å². The lowest BCUT2D eigenvalue weighted by atomic mass is 10.1. The van der Waals surface area contributed by atoms with Crippen LogP contribution in [0.5, 0.6) is 0 Å². The second-order valence-corrected chi connectivity index (χ2v) is 13.4. The van der Waals surface area contributed by atoms with E-state index in [0.717, 1.165) is 32.5 Å². The van der Waals surface area contributed by atoms with Crippen LogP contribution in [0.2, 0.25) is 5.04 Å². The second kappa shape index (κ2) is 10.5. The summed E-state index contributed by atoms with van der Waals surface area (Å²) in [4.78, 5) is 0. The predicted molar refractivity (Wildman–Crippen MR) is 127 cm³/mol. The maximum Gasteiger partial charge on any atom is 0.261 e. The van der Waals surface area contributed by atoms with E-state index in [9.17, 15) is 0 Å². The van der Waals surface area contributed by atoms with Crippen molar-refractivity contribution >= 4 is 18.7 Å². The van der Waals surface area contributed by atoms with Gasteiger partial charge in [-0.25, -0.2) is 0 Å². The van der Waals surface area contributed by atoms with Crippen LogP contribution < -0.4 is 10.4 Å². The topological polar surface area (TPSA) is 27.7 Å². The molecule has 3 rings (SSSR count). The van der Waals surface area contributed by atoms with E-state index >= 15 is 0 Å². The summed E-state index contributed by atoms with van der Waals surface area (Å²) in [6.45, 7) is 11.2. The third kappa shape index (κ3) is 5.49. The Kier molecular flexibility index (Phi) is 8.06. The molecule has 0 aliphatic carbocycles. The molecule has 4 heteroatoms. The Hall–Kier alpha value is -1.72. The number of benzene rings is 2. The van der Waals surface area contributed by atoms with Gasteiger partial charge >= 0.3 is 0 Å². The first-order valence-electron chi connectivity index (χ1n) is 11.1. The molecule has 2 aromatic carbocycles. The first-order chi connectivity index (χ1) is 14.4. The van der Waals surface area contributed by atoms with E-state index in [1.165, 1.54) is 15.9 Å². The van der Waals surface area contributed by atoms with Crippen LogP contribution in [0.1, 0.15) is 47.0 Å². The minimum atomic E-state index is -2.45. The van der Waals surface area contributed by atoms with Crippen molar-refractivity contribution in [2.45, 2.75) is 58.3 Å². The molecule has 1 aliphatic heterocycles. The molecular formula is C26H36O3Si. The molecule has 1 fully saturated rings. The van der Waals surface area contributed by atoms with Gasteiger partial charge in [-0.05, 0) is 41.6 Å². The van der Waals surface area contributed by atoms with Crippen molar-refractivity contribution in [1.29, 1.82) is 0 Å². The fraction of sp³-hybridized carbons (Fsp3) is 0.462. The van der Waals surface area contributed by atoms with Gasteiger partial charge in [0, 0.05) is 0 Å². The van der Waals surface area contributed by atoms with Gasteiger partial charge in [0.1, 0.15) is 0 Å². The molecule has 1 saturated heterocycles. The standard InChI is InChI=1S/C26H36O3Si/c1-22(12-11-17-25-27-20-21-28-25)18-19-29-30(26(2,3)4,23-13-7-5-8-14-23)24-15-9-6-10-16-24/h5-10,13-16,18,25H,11-12,17,19-21H2,1-4H3/b22-18+. The summed E-state index contributed by atoms with van der Waals surface area (Å²) in [5.41, 5.74) is 1.37. The molecule has 30 heavy (non-hydrogen) atoms. The molecule has 1 aliphatic rings. The molecule has 0 atom stereocenters. The zero-order chi connectivity index (χ0) is 21.5. The van der Waals surface area contributed by atoms with Gasteiger partial charge in [0.15, 0.2) is 6.29 Å². The number of hydrogen-bond donors (Lipinski definition) is 0. The van der Waals surface area contributed by atoms with E-state index in [4.69, 9.17) is 13.9 Å². The van der Waals surface area contributed by atoms with Crippen molar-refractivity contribution in [1.82, 2.24) is 0 Å². The lowest BCUT2D eigenvalue weighted by Crippen LogP contribution is -2.66. The molecule has 0 bridgehead atoms. The molecule has 0 N–H and O–H groups in total. The number of allylic oxidation sites excluding steroid dienone is 1. The molecule has 162 valence electrons. The van der Waals surface area contributed by atoms with Crippen LogP contribution >= 0.6 is 0 Å². The highest BCUT2D eigenvalue weighted by Gasteiger charge is 2.49. The number of hydrogen-bond acceptors (Lipinski definition) is 3. The van der Waals surface area contributed by atoms with Crippen molar-refractivity contribution < 1.29 is 13.9 Å². The molecule has 3 nitrogen and oxygen atoms in total. The Labute approximate surface area is 183 Å². The molecule has 0 aromatic heterocycles. The van der Waals surface area contributed by atoms with E-state index in [-0.39, 0.29) is 11.3 Å². The minimum absolute atomic E-state index is 0.00819. The maximum absolute atomic E-state index is 6.93. The predicted octanol–water partition coefficient (Wildman–Crippen LogP) is 5.05. The highest BCUT2D eigenvalue weighted by atomic mass is 28.4. The normalized spacial score (nSPS) is 16.2. The quantitative estimate of drug-likeness (QED) is 0.416. The van der Waals surface area contributed by atoms with Gasteiger partial charge in [-0.1, -0.05) is 93.1 Å². The minimum Gasteiger partial charge on any atom is -0.404 e. The average Bonchev–Trinajstić information content (AvgIpc) is 3.25. The highest BCUT2D eigenvalue weighted by Crippen LogP contribution is 2.36. The SMILES string of the molecule is C/C(=C\CO[Si](c1ccccc1)(c1ccccc1)C(C)(C)C)CCCC1OCCO1. The van der Waals surface area contributed by atoms with Crippen molar-refractivity contribution in [2.75, 3.05) is 19.8 Å². The van der Waals surface area contributed by atoms with Crippen LogP contribution in [0.4, 0.5) is 0 Å². The lowest BCUT2D eigenvalue weighted by molar-refractivity contribution is -0.0475. The van der Waals surface area contributed by atoms with E-state index in [1.54, 1.807) is 0 Å². The van der Waals surface area contributed by atoms with Crippen LogP contribution in [0, 0.1) is 0 Å². The molecule has 2 aromatic rings. The van der Waals surface area contributed by atoms with Crippen molar-refractivity contribution in [3.05, 3.63) is 72.3 Å². The van der Waals surface area contributed by atoms with Crippen LogP contribution in [-0.2, 0) is 13.9 Å². The zero-order valence-corrected chi connectivity index (χ0v) is 19.9. The van der Waals surface area contributed by atoms with Gasteiger partial charge in [-0.3, -0.25) is 0 Å². The summed E-state index contributed by atoms with van der Waals surface area (Å²) in [6.07, 6.45) is 5.34. The van der Waals surface area contributed by atoms with Crippen LogP contribution in [0.25, 0.3) is 0 Å². The third-order valence-corrected chi connectivity index (χ3v) is 10.9. The molecule has 0 saturated carbocycles. The Morgan fingerprint density at radius 1 is 0.967 bits per heavy atom. The fourth-order valence-corrected chi connectivity index (χ4v) is 8.78. The second-order valence-electron chi connectivity index (χ2n) is 9.09. The fourth-order valence-electron chi connectivity index (χ4n) is 4.29. The molecule has 1 heterocycles. The van der Waals surface area contributed by atoms with Gasteiger partial charge in [0.2, 0.25) is 0 Å². The Morgan fingerprint density at radius 3 is 2.00 bits per heavy atom. The largest absolute Gasteiger partial charge is 0.404 e. The summed E-state index contributed by atoms with van der Waals surface area (Å²) in [5.74, 6) is 0. The highest BCUT2D eigenvalue weighted by molar-refractivity contribution is 6.99. The van der Waals surface area contributed by atoms with Gasteiger partial charge < -0.3 is 13.9 Å². The Bertz CT molecular complexity index is 751. The molecule has 0 radical (unpaired) electrons. The number of rotatable bonds is 9. The summed E-state index contributed by atoms with van der Waals surface area (Å²) < 4.78 is 18.0. The Morgan fingerprint density at radius 2 is 1.50 bits per heavy atom. The number of ether oxygens (including phenoxy) is 2. The summed E-state index contributed by atoms with van der Waals surface area (Å²) >= 11 is 0. The van der Waals surface area contributed by atoms with E-state index in [0.29, 0.717) is 6.61 Å². The van der Waals surface area contributed by atoms with Gasteiger partial charge in [0.05, 0.1) is 19.8 Å². The van der Waals surface area contributed by atoms with Crippen LogP contribution in [0.15, 0.2) is 72.3 Å². The van der Waals surface area contributed by atoms with Gasteiger partial charge in [0.25, 0.3) is 8.32 Å². The van der Waals surface area contributed by atoms with E-state index < -0.39 is 8.32 Å². The van der Waals surface area contributed by atoms with E-state index in [2.05, 4.69) is 94.4 Å². The van der Waals surface area contributed by atoms with Gasteiger partial charge in [-0.2, -0.15) is 0 Å². The molecule has 0 unspecified atom stereocenters. The first kappa shape index (κ1) is 23.0. The summed E-state index contributed by atoms with van der Waals surface area (Å²) in [6, 6.07) is 21.6. The molecule has 0 spiro atoms. The summed E-state index contributed by atoms with van der Waals surface area (Å²) in [7, 11) is -2.45. The Balaban J connectivity index is 1.76. The average molecular weight is 425 g/mol. The lowest BCUT2D eigenvalue weighted by Gasteiger charge is -2.42. The van der Waals surface area contributed by atoms with E-state index in [1.807, 2.05) is 0 Å². The van der Waals surface area contributed by atoms with Crippen molar-refractivity contribution in [3.63, 3.8) is 0 Å². The first-order valence-corrected chi connectivity index (χ1v) is 13.0. The molecule has 0 amide bonds. The smallest absolute Gasteiger partial charge is 0.261 e. The zero-order valence-electron chi connectivity index (χ0n) is 18.9. The third-order valence-electron chi connectivity index (χ3n) is 5.85. The monoisotopic (exact) mass is 424 g/mol.